The summed E-state index contributed by atoms with van der Waals surface area (Å²) >= 11 is 10.9. The van der Waals surface area contributed by atoms with Crippen LogP contribution in [-0.4, -0.2) is 19.5 Å². The van der Waals surface area contributed by atoms with Gasteiger partial charge in [-0.2, -0.15) is 0 Å². The Kier molecular flexibility index (Phi) is 5.29. The Bertz CT molecular complexity index is 869. The van der Waals surface area contributed by atoms with Gasteiger partial charge < -0.3 is 10.3 Å². The first kappa shape index (κ1) is 17.1. The number of terminal acetylenes is 1. The van der Waals surface area contributed by atoms with E-state index in [9.17, 15) is 0 Å². The van der Waals surface area contributed by atoms with Crippen LogP contribution in [0.1, 0.15) is 12.8 Å². The molecule has 0 atom stereocenters. The number of hydrogen-bond acceptors (Lipinski definition) is 5. The van der Waals surface area contributed by atoms with E-state index >= 15 is 0 Å². The molecule has 8 heteroatoms. The maximum atomic E-state index is 6.08. The van der Waals surface area contributed by atoms with Crippen LogP contribution in [0.5, 0.6) is 0 Å². The molecule has 0 saturated heterocycles. The molecule has 1 aromatic carbocycles. The molecule has 3 rings (SSSR count). The number of nitrogens with two attached hydrogens (primary N) is 1. The van der Waals surface area contributed by atoms with Gasteiger partial charge in [0, 0.05) is 27.4 Å². The summed E-state index contributed by atoms with van der Waals surface area (Å²) in [6, 6.07) is 5.65. The molecule has 2 heterocycles. The summed E-state index contributed by atoms with van der Waals surface area (Å²) in [5.41, 5.74) is 6.54. The minimum Gasteiger partial charge on any atom is -0.382 e. The third-order valence-electron chi connectivity index (χ3n) is 3.24. The molecule has 2 aliphatic heterocycles. The monoisotopic (exact) mass is 421 g/mol. The van der Waals surface area contributed by atoms with Gasteiger partial charge in [0.25, 0.3) is 0 Å². The van der Waals surface area contributed by atoms with Crippen LogP contribution in [0.4, 0.5) is 5.82 Å². The summed E-state index contributed by atoms with van der Waals surface area (Å²) in [4.78, 5) is 14.2. The van der Waals surface area contributed by atoms with Crippen molar-refractivity contribution in [1.29, 1.82) is 0 Å². The summed E-state index contributed by atoms with van der Waals surface area (Å²) in [5.74, 6) is 3.71. The number of aryl methyl sites for hydroxylation is 1. The molecule has 2 aliphatic rings. The van der Waals surface area contributed by atoms with Crippen molar-refractivity contribution in [3.8, 4) is 23.9 Å². The minimum absolute atomic E-state index is 0.366. The van der Waals surface area contributed by atoms with Crippen molar-refractivity contribution in [2.24, 2.45) is 0 Å². The van der Waals surface area contributed by atoms with E-state index in [0.717, 1.165) is 22.3 Å². The van der Waals surface area contributed by atoms with Crippen LogP contribution in [-0.2, 0) is 6.54 Å². The van der Waals surface area contributed by atoms with Gasteiger partial charge in [-0.25, -0.2) is 15.0 Å². The zero-order chi connectivity index (χ0) is 17.1. The van der Waals surface area contributed by atoms with Crippen molar-refractivity contribution in [1.82, 2.24) is 19.5 Å². The van der Waals surface area contributed by atoms with E-state index in [0.29, 0.717) is 33.9 Å². The highest BCUT2D eigenvalue weighted by Crippen LogP contribution is 2.34. The lowest BCUT2D eigenvalue weighted by atomic mass is 10.3. The van der Waals surface area contributed by atoms with E-state index in [-0.39, 0.29) is 0 Å². The van der Waals surface area contributed by atoms with Crippen molar-refractivity contribution >= 4 is 45.1 Å². The van der Waals surface area contributed by atoms with Crippen LogP contribution in [0.2, 0.25) is 5.02 Å². The first-order chi connectivity index (χ1) is 11.6. The van der Waals surface area contributed by atoms with Crippen LogP contribution in [0.15, 0.2) is 39.1 Å². The molecule has 2 N–H and O–H groups in total. The Balaban J connectivity index is 1.92. The highest BCUT2D eigenvalue weighted by atomic mass is 79.9. The van der Waals surface area contributed by atoms with Crippen LogP contribution >= 0.6 is 39.3 Å². The van der Waals surface area contributed by atoms with Crippen LogP contribution in [0, 0.1) is 12.3 Å². The molecule has 0 fully saturated rings. The molecule has 5 nitrogen and oxygen atoms in total. The maximum absolute atomic E-state index is 6.08. The van der Waals surface area contributed by atoms with Gasteiger partial charge in [0.2, 0.25) is 0 Å². The van der Waals surface area contributed by atoms with Gasteiger partial charge in [-0.3, -0.25) is 0 Å². The average Bonchev–Trinajstić information content (AvgIpc) is 2.93. The predicted octanol–water partition coefficient (Wildman–Crippen LogP) is 4.34. The topological polar surface area (TPSA) is 69.6 Å². The number of nitrogens with zero attached hydrogens (tertiary/aromatic N) is 4. The van der Waals surface area contributed by atoms with Gasteiger partial charge in [-0.1, -0.05) is 27.5 Å². The summed E-state index contributed by atoms with van der Waals surface area (Å²) in [6.07, 6.45) is 8.52. The maximum Gasteiger partial charge on any atom is 0.195 e. The molecule has 24 heavy (non-hydrogen) atoms. The molecular weight excluding hydrogens is 410 g/mol. The van der Waals surface area contributed by atoms with Crippen LogP contribution < -0.4 is 5.73 Å². The number of fused-ring (bicyclic) bond motifs is 1. The standard InChI is InChI=1S/C16H13BrClN5S/c1-2-3-4-5-23-9-20-14(19)13-15(23)22-16(21-13)24-12-7-10(17)6-11(18)8-12/h1,6-9H,3-5,19H2. The van der Waals surface area contributed by atoms with E-state index in [1.165, 1.54) is 11.8 Å². The van der Waals surface area contributed by atoms with E-state index in [4.69, 9.17) is 23.8 Å². The zero-order valence-electron chi connectivity index (χ0n) is 12.5. The number of anilines is 1. The first-order valence-corrected chi connectivity index (χ1v) is 9.11. The fraction of sp³-hybridized carbons (Fsp3) is 0.188. The quantitative estimate of drug-likeness (QED) is 0.489. The van der Waals surface area contributed by atoms with Gasteiger partial charge in [0.15, 0.2) is 22.5 Å². The van der Waals surface area contributed by atoms with Gasteiger partial charge in [-0.15, -0.1) is 12.3 Å². The third-order valence-corrected chi connectivity index (χ3v) is 4.75. The summed E-state index contributed by atoms with van der Waals surface area (Å²) < 4.78 is 2.83. The fourth-order valence-electron chi connectivity index (χ4n) is 2.19. The Labute approximate surface area is 157 Å². The van der Waals surface area contributed by atoms with Gasteiger partial charge in [0.05, 0.1) is 6.33 Å². The number of benzene rings is 1. The number of aromatic nitrogens is 4. The molecule has 0 aromatic heterocycles. The number of unbranched alkanes of at least 4 members (excludes halogenated alkanes) is 1. The third kappa shape index (κ3) is 3.83. The lowest BCUT2D eigenvalue weighted by Crippen LogP contribution is -2.08. The molecule has 0 spiro atoms. The van der Waals surface area contributed by atoms with Gasteiger partial charge in [0.1, 0.15) is 0 Å². The predicted molar refractivity (Wildman–Crippen MR) is 100 cm³/mol. The van der Waals surface area contributed by atoms with Crippen molar-refractivity contribution in [3.05, 3.63) is 34.0 Å². The molecule has 0 aliphatic carbocycles. The van der Waals surface area contributed by atoms with Crippen molar-refractivity contribution < 1.29 is 0 Å². The average molecular weight is 423 g/mol. The highest BCUT2D eigenvalue weighted by molar-refractivity contribution is 9.10. The van der Waals surface area contributed by atoms with Crippen molar-refractivity contribution in [2.75, 3.05) is 5.73 Å². The SMILES string of the molecule is C#CCCCn1cnc(N)c2nc(Sc3cc(Cl)cc(Br)c3)nc1-2. The largest absolute Gasteiger partial charge is 0.382 e. The van der Waals surface area contributed by atoms with Crippen molar-refractivity contribution in [2.45, 2.75) is 29.4 Å². The fourth-order valence-corrected chi connectivity index (χ4v) is 4.12. The Morgan fingerprint density at radius 2 is 2.17 bits per heavy atom. The van der Waals surface area contributed by atoms with Gasteiger partial charge in [-0.05, 0) is 36.4 Å². The molecule has 0 bridgehead atoms. The van der Waals surface area contributed by atoms with Crippen molar-refractivity contribution in [3.63, 3.8) is 0 Å². The summed E-state index contributed by atoms with van der Waals surface area (Å²) in [6.45, 7) is 0.722. The van der Waals surface area contributed by atoms with Crippen LogP contribution in [0.3, 0.4) is 0 Å². The number of halogens is 2. The Morgan fingerprint density at radius 3 is 2.92 bits per heavy atom. The lowest BCUT2D eigenvalue weighted by Gasteiger charge is -2.09. The zero-order valence-corrected chi connectivity index (χ0v) is 15.7. The molecule has 0 amide bonds. The van der Waals surface area contributed by atoms with E-state index < -0.39 is 0 Å². The van der Waals surface area contributed by atoms with Gasteiger partial charge >= 0.3 is 0 Å². The summed E-state index contributed by atoms with van der Waals surface area (Å²) in [7, 11) is 0. The molecule has 0 saturated carbocycles. The van der Waals surface area contributed by atoms with Crippen LogP contribution in [0.25, 0.3) is 11.5 Å². The second-order valence-corrected chi connectivity index (χ2v) is 7.41. The minimum atomic E-state index is 0.366. The normalized spacial score (nSPS) is 10.9. The second kappa shape index (κ2) is 7.43. The highest BCUT2D eigenvalue weighted by Gasteiger charge is 2.19. The molecular formula is C16H13BrClN5S. The smallest absolute Gasteiger partial charge is 0.195 e. The van der Waals surface area contributed by atoms with E-state index in [2.05, 4.69) is 36.8 Å². The number of imidazole rings is 1. The Hall–Kier alpha value is -1.75. The van der Waals surface area contributed by atoms with E-state index in [1.807, 2.05) is 22.8 Å². The molecule has 0 radical (unpaired) electrons. The number of rotatable bonds is 5. The second-order valence-electron chi connectivity index (χ2n) is 5.02. The first-order valence-electron chi connectivity index (χ1n) is 7.12. The molecule has 1 aromatic rings. The van der Waals surface area contributed by atoms with E-state index in [1.54, 1.807) is 6.33 Å². The lowest BCUT2D eigenvalue weighted by molar-refractivity contribution is 0.638. The Morgan fingerprint density at radius 1 is 1.33 bits per heavy atom. The number of nitrogen functional groups attached to an aromatic ring is 1. The molecule has 122 valence electrons. The molecule has 0 unspecified atom stereocenters. The summed E-state index contributed by atoms with van der Waals surface area (Å²) in [5, 5.41) is 1.25. The number of hydrogen-bond donors (Lipinski definition) is 1.